The van der Waals surface area contributed by atoms with Crippen molar-refractivity contribution >= 4 is 27.5 Å². The first kappa shape index (κ1) is 16.5. The van der Waals surface area contributed by atoms with Crippen LogP contribution in [0.5, 0.6) is 5.75 Å². The highest BCUT2D eigenvalue weighted by molar-refractivity contribution is 7.18. The van der Waals surface area contributed by atoms with E-state index >= 15 is 0 Å². The van der Waals surface area contributed by atoms with Gasteiger partial charge in [0.05, 0.1) is 15.2 Å². The number of carbonyl (C=O) groups excluding carboxylic acids is 1. The number of amides is 1. The molecule has 0 unspecified atom stereocenters. The summed E-state index contributed by atoms with van der Waals surface area (Å²) < 4.78 is 1.21. The molecule has 1 aromatic heterocycles. The lowest BCUT2D eigenvalue weighted by atomic mass is 10.1. The van der Waals surface area contributed by atoms with Crippen molar-refractivity contribution in [3.05, 3.63) is 59.1 Å². The number of nitrogens with zero attached hydrogens (tertiary/aromatic N) is 1. The molecule has 3 aromatic rings. The molecule has 0 aliphatic carbocycles. The number of aryl methyl sites for hydroxylation is 2. The van der Waals surface area contributed by atoms with Crippen molar-refractivity contribution in [2.75, 3.05) is 6.54 Å². The standard InChI is InChI=1S/C19H20N2O2S/c22-16-8-3-1-6-14(16)11-12-18(23)20-13-5-10-19-21-15-7-2-4-9-17(15)24-19/h1-4,6-9,22H,5,10-13H2,(H,20,23). The van der Waals surface area contributed by atoms with Gasteiger partial charge in [-0.2, -0.15) is 0 Å². The lowest BCUT2D eigenvalue weighted by molar-refractivity contribution is -0.121. The Labute approximate surface area is 145 Å². The van der Waals surface area contributed by atoms with Crippen molar-refractivity contribution in [1.82, 2.24) is 10.3 Å². The van der Waals surface area contributed by atoms with E-state index in [9.17, 15) is 9.90 Å². The van der Waals surface area contributed by atoms with Crippen molar-refractivity contribution in [1.29, 1.82) is 0 Å². The fourth-order valence-electron chi connectivity index (χ4n) is 2.55. The monoisotopic (exact) mass is 340 g/mol. The summed E-state index contributed by atoms with van der Waals surface area (Å²) in [6.07, 6.45) is 2.69. The number of carbonyl (C=O) groups is 1. The number of fused-ring (bicyclic) bond motifs is 1. The molecule has 2 N–H and O–H groups in total. The molecule has 0 bridgehead atoms. The number of thiazole rings is 1. The molecule has 1 heterocycles. The van der Waals surface area contributed by atoms with Crippen LogP contribution < -0.4 is 5.32 Å². The summed E-state index contributed by atoms with van der Waals surface area (Å²) in [5.74, 6) is 0.267. The van der Waals surface area contributed by atoms with Crippen LogP contribution in [0.2, 0.25) is 0 Å². The predicted molar refractivity (Wildman–Crippen MR) is 97.4 cm³/mol. The maximum Gasteiger partial charge on any atom is 0.220 e. The number of para-hydroxylation sites is 2. The van der Waals surface area contributed by atoms with Gasteiger partial charge in [0.2, 0.25) is 5.91 Å². The largest absolute Gasteiger partial charge is 0.508 e. The quantitative estimate of drug-likeness (QED) is 0.645. The molecule has 3 rings (SSSR count). The number of aromatic hydroxyl groups is 1. The normalized spacial score (nSPS) is 10.8. The van der Waals surface area contributed by atoms with E-state index in [1.807, 2.05) is 30.3 Å². The van der Waals surface area contributed by atoms with Crippen LogP contribution in [0.3, 0.4) is 0 Å². The average molecular weight is 340 g/mol. The molecule has 1 amide bonds. The zero-order valence-electron chi connectivity index (χ0n) is 13.4. The van der Waals surface area contributed by atoms with Crippen LogP contribution in [0.15, 0.2) is 48.5 Å². The first-order valence-corrected chi connectivity index (χ1v) is 8.92. The fourth-order valence-corrected chi connectivity index (χ4v) is 3.56. The molecule has 124 valence electrons. The van der Waals surface area contributed by atoms with Gasteiger partial charge in [0, 0.05) is 19.4 Å². The molecule has 0 aliphatic rings. The van der Waals surface area contributed by atoms with E-state index in [4.69, 9.17) is 0 Å². The van der Waals surface area contributed by atoms with Gasteiger partial charge in [-0.05, 0) is 36.6 Å². The van der Waals surface area contributed by atoms with Crippen molar-refractivity contribution in [3.8, 4) is 5.75 Å². The van der Waals surface area contributed by atoms with Gasteiger partial charge in [0.15, 0.2) is 0 Å². The van der Waals surface area contributed by atoms with Crippen LogP contribution in [-0.4, -0.2) is 22.5 Å². The van der Waals surface area contributed by atoms with E-state index in [2.05, 4.69) is 16.4 Å². The second-order valence-electron chi connectivity index (χ2n) is 5.66. The predicted octanol–water partition coefficient (Wildman–Crippen LogP) is 3.68. The molecule has 0 aliphatic heterocycles. The van der Waals surface area contributed by atoms with E-state index in [0.29, 0.717) is 19.4 Å². The molecule has 0 fully saturated rings. The lowest BCUT2D eigenvalue weighted by Crippen LogP contribution is -2.24. The third-order valence-corrected chi connectivity index (χ3v) is 4.94. The van der Waals surface area contributed by atoms with E-state index < -0.39 is 0 Å². The number of hydrogen-bond acceptors (Lipinski definition) is 4. The number of phenols is 1. The SMILES string of the molecule is O=C(CCc1ccccc1O)NCCCc1nc2ccccc2s1. The van der Waals surface area contributed by atoms with E-state index in [0.717, 1.165) is 28.9 Å². The molecule has 5 heteroatoms. The van der Waals surface area contributed by atoms with Crippen molar-refractivity contribution < 1.29 is 9.90 Å². The number of phenolic OH excluding ortho intramolecular Hbond substituents is 1. The molecule has 0 atom stereocenters. The third-order valence-electron chi connectivity index (χ3n) is 3.84. The molecule has 0 saturated heterocycles. The van der Waals surface area contributed by atoms with Crippen molar-refractivity contribution in [2.24, 2.45) is 0 Å². The van der Waals surface area contributed by atoms with Gasteiger partial charge in [0.1, 0.15) is 5.75 Å². The second-order valence-corrected chi connectivity index (χ2v) is 6.77. The maximum atomic E-state index is 11.9. The number of benzene rings is 2. The summed E-state index contributed by atoms with van der Waals surface area (Å²) in [6.45, 7) is 0.648. The second kappa shape index (κ2) is 7.93. The molecule has 0 radical (unpaired) electrons. The zero-order valence-corrected chi connectivity index (χ0v) is 14.2. The maximum absolute atomic E-state index is 11.9. The summed E-state index contributed by atoms with van der Waals surface area (Å²) in [5, 5.41) is 13.7. The van der Waals surface area contributed by atoms with E-state index in [1.165, 1.54) is 4.70 Å². The molecule has 0 saturated carbocycles. The molecular weight excluding hydrogens is 320 g/mol. The highest BCUT2D eigenvalue weighted by Crippen LogP contribution is 2.22. The smallest absolute Gasteiger partial charge is 0.220 e. The Hall–Kier alpha value is -2.40. The van der Waals surface area contributed by atoms with Crippen LogP contribution in [0, 0.1) is 0 Å². The summed E-state index contributed by atoms with van der Waals surface area (Å²) in [5.41, 5.74) is 1.85. The number of aromatic nitrogens is 1. The van der Waals surface area contributed by atoms with E-state index in [1.54, 1.807) is 23.5 Å². The van der Waals surface area contributed by atoms with Crippen LogP contribution in [0.1, 0.15) is 23.4 Å². The Morgan fingerprint density at radius 3 is 2.71 bits per heavy atom. The Kier molecular flexibility index (Phi) is 5.43. The topological polar surface area (TPSA) is 62.2 Å². The lowest BCUT2D eigenvalue weighted by Gasteiger charge is -2.06. The third kappa shape index (κ3) is 4.32. The van der Waals surface area contributed by atoms with Gasteiger partial charge in [0.25, 0.3) is 0 Å². The first-order valence-electron chi connectivity index (χ1n) is 8.10. The fraction of sp³-hybridized carbons (Fsp3) is 0.263. The van der Waals surface area contributed by atoms with Crippen LogP contribution >= 0.6 is 11.3 Å². The van der Waals surface area contributed by atoms with Crippen LogP contribution in [0.25, 0.3) is 10.2 Å². The summed E-state index contributed by atoms with van der Waals surface area (Å²) in [4.78, 5) is 16.5. The zero-order chi connectivity index (χ0) is 16.8. The van der Waals surface area contributed by atoms with Gasteiger partial charge in [-0.1, -0.05) is 30.3 Å². The number of hydrogen-bond donors (Lipinski definition) is 2. The van der Waals surface area contributed by atoms with Gasteiger partial charge >= 0.3 is 0 Å². The highest BCUT2D eigenvalue weighted by Gasteiger charge is 2.06. The van der Waals surface area contributed by atoms with Crippen LogP contribution in [-0.2, 0) is 17.6 Å². The van der Waals surface area contributed by atoms with Gasteiger partial charge in [-0.3, -0.25) is 4.79 Å². The highest BCUT2D eigenvalue weighted by atomic mass is 32.1. The van der Waals surface area contributed by atoms with Gasteiger partial charge in [-0.25, -0.2) is 4.98 Å². The minimum atomic E-state index is 0.0163. The summed E-state index contributed by atoms with van der Waals surface area (Å²) >= 11 is 1.71. The molecule has 4 nitrogen and oxygen atoms in total. The van der Waals surface area contributed by atoms with Gasteiger partial charge < -0.3 is 10.4 Å². The van der Waals surface area contributed by atoms with Gasteiger partial charge in [-0.15, -0.1) is 11.3 Å². The minimum Gasteiger partial charge on any atom is -0.508 e. The first-order chi connectivity index (χ1) is 11.7. The Bertz CT molecular complexity index is 796. The van der Waals surface area contributed by atoms with E-state index in [-0.39, 0.29) is 11.7 Å². The number of rotatable bonds is 7. The summed E-state index contributed by atoms with van der Waals surface area (Å²) in [7, 11) is 0. The molecule has 2 aromatic carbocycles. The number of nitrogens with one attached hydrogen (secondary N) is 1. The van der Waals surface area contributed by atoms with Crippen molar-refractivity contribution in [3.63, 3.8) is 0 Å². The molecule has 24 heavy (non-hydrogen) atoms. The molecular formula is C19H20N2O2S. The Morgan fingerprint density at radius 2 is 1.88 bits per heavy atom. The Balaban J connectivity index is 1.38. The van der Waals surface area contributed by atoms with Crippen molar-refractivity contribution in [2.45, 2.75) is 25.7 Å². The summed E-state index contributed by atoms with van der Waals surface area (Å²) in [6, 6.07) is 15.3. The Morgan fingerprint density at radius 1 is 1.08 bits per heavy atom. The minimum absolute atomic E-state index is 0.0163. The average Bonchev–Trinajstić information content (AvgIpc) is 3.01. The molecule has 0 spiro atoms. The van der Waals surface area contributed by atoms with Crippen LogP contribution in [0.4, 0.5) is 0 Å².